The van der Waals surface area contributed by atoms with Gasteiger partial charge >= 0.3 is 0 Å². The van der Waals surface area contributed by atoms with Gasteiger partial charge < -0.3 is 4.74 Å². The highest BCUT2D eigenvalue weighted by molar-refractivity contribution is 7.94. The van der Waals surface area contributed by atoms with Crippen molar-refractivity contribution >= 4 is 27.0 Å². The maximum atomic E-state index is 13.4. The molecule has 8 heteroatoms. The number of rotatable bonds is 4. The fraction of sp³-hybridized carbons (Fsp3) is 0.471. The van der Waals surface area contributed by atoms with Crippen molar-refractivity contribution < 1.29 is 13.2 Å². The van der Waals surface area contributed by atoms with Gasteiger partial charge in [-0.2, -0.15) is 0 Å². The Morgan fingerprint density at radius 2 is 2.16 bits per heavy atom. The summed E-state index contributed by atoms with van der Waals surface area (Å²) in [6.07, 6.45) is 2.11. The molecule has 0 aliphatic carbocycles. The molecular formula is C17H21N3O3S2. The van der Waals surface area contributed by atoms with Gasteiger partial charge in [0.25, 0.3) is 0 Å². The first-order valence-corrected chi connectivity index (χ1v) is 10.6. The second-order valence-corrected chi connectivity index (χ2v) is 9.76. The van der Waals surface area contributed by atoms with Crippen LogP contribution in [0.2, 0.25) is 0 Å². The molecule has 2 atom stereocenters. The van der Waals surface area contributed by atoms with Crippen molar-refractivity contribution in [2.75, 3.05) is 31.0 Å². The third-order valence-electron chi connectivity index (χ3n) is 5.26. The summed E-state index contributed by atoms with van der Waals surface area (Å²) in [7, 11) is -1.89. The number of thiazole rings is 1. The summed E-state index contributed by atoms with van der Waals surface area (Å²) in [6.45, 7) is 2.36. The Balaban J connectivity index is 1.64. The van der Waals surface area contributed by atoms with Crippen LogP contribution in [-0.4, -0.2) is 55.9 Å². The summed E-state index contributed by atoms with van der Waals surface area (Å²) in [5.74, 6) is 0. The smallest absolute Gasteiger partial charge is 0.244 e. The van der Waals surface area contributed by atoms with Gasteiger partial charge in [-0.05, 0) is 18.6 Å². The van der Waals surface area contributed by atoms with Gasteiger partial charge in [-0.1, -0.05) is 18.2 Å². The van der Waals surface area contributed by atoms with Crippen molar-refractivity contribution in [2.45, 2.75) is 23.8 Å². The summed E-state index contributed by atoms with van der Waals surface area (Å²) in [6, 6.07) is 9.30. The van der Waals surface area contributed by atoms with E-state index in [4.69, 9.17) is 4.74 Å². The van der Waals surface area contributed by atoms with Crippen molar-refractivity contribution in [1.29, 1.82) is 0 Å². The number of methoxy groups -OCH3 is 1. The minimum Gasteiger partial charge on any atom is -0.378 e. The number of aromatic nitrogens is 1. The average Bonchev–Trinajstić information content (AvgIpc) is 3.31. The van der Waals surface area contributed by atoms with Gasteiger partial charge in [0.15, 0.2) is 0 Å². The van der Waals surface area contributed by atoms with Gasteiger partial charge in [0.1, 0.15) is 4.75 Å². The lowest BCUT2D eigenvalue weighted by molar-refractivity contribution is 0.0820. The molecule has 2 aliphatic heterocycles. The number of likely N-dealkylation sites (tertiary alicyclic amines) is 1. The highest BCUT2D eigenvalue weighted by atomic mass is 32.2. The van der Waals surface area contributed by atoms with Gasteiger partial charge in [-0.25, -0.2) is 8.42 Å². The van der Waals surface area contributed by atoms with Crippen LogP contribution in [0.15, 0.2) is 42.0 Å². The van der Waals surface area contributed by atoms with E-state index >= 15 is 0 Å². The number of anilines is 1. The monoisotopic (exact) mass is 379 g/mol. The molecule has 0 amide bonds. The normalized spacial score (nSPS) is 28.8. The fourth-order valence-electron chi connectivity index (χ4n) is 3.96. The van der Waals surface area contributed by atoms with Gasteiger partial charge in [0, 0.05) is 37.8 Å². The fourth-order valence-corrected chi connectivity index (χ4v) is 6.97. The van der Waals surface area contributed by atoms with E-state index in [0.717, 1.165) is 18.0 Å². The predicted molar refractivity (Wildman–Crippen MR) is 98.2 cm³/mol. The van der Waals surface area contributed by atoms with Gasteiger partial charge in [-0.15, -0.1) is 11.3 Å². The lowest BCUT2D eigenvalue weighted by Gasteiger charge is -2.28. The summed E-state index contributed by atoms with van der Waals surface area (Å²) in [5, 5.41) is 0. The molecule has 0 N–H and O–H groups in total. The minimum absolute atomic E-state index is 0.329. The molecule has 1 aromatic carbocycles. The second kappa shape index (κ2) is 6.35. The molecular weight excluding hydrogens is 358 g/mol. The van der Waals surface area contributed by atoms with E-state index in [1.165, 1.54) is 4.31 Å². The topological polar surface area (TPSA) is 62.7 Å². The summed E-state index contributed by atoms with van der Waals surface area (Å²) in [4.78, 5) is 7.46. The number of benzene rings is 1. The first-order valence-electron chi connectivity index (χ1n) is 8.27. The van der Waals surface area contributed by atoms with E-state index in [0.29, 0.717) is 25.2 Å². The Labute approximate surface area is 152 Å². The van der Waals surface area contributed by atoms with E-state index in [9.17, 15) is 8.42 Å². The predicted octanol–water partition coefficient (Wildman–Crippen LogP) is 1.95. The van der Waals surface area contributed by atoms with Gasteiger partial charge in [0.05, 0.1) is 23.8 Å². The molecule has 2 saturated heterocycles. The second-order valence-electron chi connectivity index (χ2n) is 6.59. The van der Waals surface area contributed by atoms with E-state index in [1.807, 2.05) is 42.0 Å². The third-order valence-corrected chi connectivity index (χ3v) is 8.58. The largest absolute Gasteiger partial charge is 0.378 e. The first kappa shape index (κ1) is 17.0. The summed E-state index contributed by atoms with van der Waals surface area (Å²) >= 11 is 1.60. The molecule has 2 fully saturated rings. The van der Waals surface area contributed by atoms with Crippen LogP contribution >= 0.6 is 11.3 Å². The summed E-state index contributed by atoms with van der Waals surface area (Å²) in [5.41, 5.74) is 2.52. The number of ether oxygens (including phenoxy) is 1. The van der Waals surface area contributed by atoms with Crippen molar-refractivity contribution in [3.8, 4) is 0 Å². The molecule has 25 heavy (non-hydrogen) atoms. The van der Waals surface area contributed by atoms with Crippen molar-refractivity contribution in [3.05, 3.63) is 46.9 Å². The molecule has 0 saturated carbocycles. The van der Waals surface area contributed by atoms with E-state index in [2.05, 4.69) is 9.88 Å². The van der Waals surface area contributed by atoms with Crippen LogP contribution in [0.1, 0.15) is 11.3 Å². The highest BCUT2D eigenvalue weighted by Gasteiger charge is 2.62. The van der Waals surface area contributed by atoms with Crippen molar-refractivity contribution in [1.82, 2.24) is 9.88 Å². The summed E-state index contributed by atoms with van der Waals surface area (Å²) < 4.78 is 33.2. The molecule has 0 bridgehead atoms. The molecule has 0 radical (unpaired) electrons. The van der Waals surface area contributed by atoms with Crippen molar-refractivity contribution in [3.63, 3.8) is 0 Å². The Bertz CT molecular complexity index is 826. The third kappa shape index (κ3) is 2.68. The van der Waals surface area contributed by atoms with Crippen LogP contribution < -0.4 is 4.31 Å². The highest BCUT2D eigenvalue weighted by Crippen LogP contribution is 2.44. The number of hydrogen-bond donors (Lipinski definition) is 0. The van der Waals surface area contributed by atoms with Gasteiger partial charge in [0.2, 0.25) is 10.0 Å². The quantitative estimate of drug-likeness (QED) is 0.813. The maximum Gasteiger partial charge on any atom is 0.244 e. The zero-order valence-corrected chi connectivity index (χ0v) is 15.7. The molecule has 6 nitrogen and oxygen atoms in total. The van der Waals surface area contributed by atoms with E-state index in [1.54, 1.807) is 18.4 Å². The molecule has 2 aliphatic rings. The first-order chi connectivity index (χ1) is 12.1. The average molecular weight is 380 g/mol. The zero-order chi connectivity index (χ0) is 17.5. The number of hydrogen-bond acceptors (Lipinski definition) is 6. The van der Waals surface area contributed by atoms with Crippen LogP contribution in [0.4, 0.5) is 5.69 Å². The zero-order valence-electron chi connectivity index (χ0n) is 14.0. The van der Waals surface area contributed by atoms with Crippen LogP contribution in [0, 0.1) is 0 Å². The van der Waals surface area contributed by atoms with Crippen LogP contribution in [0.25, 0.3) is 0 Å². The molecule has 2 aromatic rings. The maximum absolute atomic E-state index is 13.4. The van der Waals surface area contributed by atoms with Crippen LogP contribution in [-0.2, 0) is 21.3 Å². The lowest BCUT2D eigenvalue weighted by atomic mass is 10.0. The number of nitrogens with zero attached hydrogens (tertiary/aromatic N) is 3. The molecule has 0 unspecified atom stereocenters. The molecule has 4 rings (SSSR count). The van der Waals surface area contributed by atoms with Crippen molar-refractivity contribution in [2.24, 2.45) is 0 Å². The molecule has 134 valence electrons. The van der Waals surface area contributed by atoms with Crippen LogP contribution in [0.3, 0.4) is 0 Å². The molecule has 1 aromatic heterocycles. The minimum atomic E-state index is -3.50. The molecule has 1 spiro atoms. The molecule has 3 heterocycles. The Hall–Kier alpha value is -1.48. The Kier molecular flexibility index (Phi) is 4.31. The standard InChI is InChI=1S/C17H21N3O3S2/c1-23-16-11-20(14-5-3-2-4-6-14)25(21,22)17(16)7-8-19(12-17)10-15-9-18-13-24-15/h2-6,9,13,16H,7-8,10-12H2,1H3/t16-,17-/m1/s1. The number of para-hydroxylation sites is 1. The lowest BCUT2D eigenvalue weighted by Crippen LogP contribution is -2.48. The number of sulfonamides is 1. The Morgan fingerprint density at radius 1 is 1.36 bits per heavy atom. The van der Waals surface area contributed by atoms with E-state index < -0.39 is 14.8 Å². The van der Waals surface area contributed by atoms with Crippen LogP contribution in [0.5, 0.6) is 0 Å². The van der Waals surface area contributed by atoms with Gasteiger partial charge in [-0.3, -0.25) is 14.2 Å². The van der Waals surface area contributed by atoms with E-state index in [-0.39, 0.29) is 6.10 Å². The SMILES string of the molecule is CO[C@@H]1CN(c2ccccc2)S(=O)(=O)[C@@]12CCN(Cc1cncs1)C2. The Morgan fingerprint density at radius 3 is 2.84 bits per heavy atom.